The van der Waals surface area contributed by atoms with Crippen molar-refractivity contribution in [2.45, 2.75) is 16.7 Å². The molecule has 7 heteroatoms. The number of epoxide rings is 1. The number of rotatable bonds is 4. The Labute approximate surface area is 151 Å². The fourth-order valence-electron chi connectivity index (χ4n) is 2.92. The van der Waals surface area contributed by atoms with Crippen molar-refractivity contribution < 1.29 is 9.13 Å². The summed E-state index contributed by atoms with van der Waals surface area (Å²) in [4.78, 5) is 3.67. The second kappa shape index (κ2) is 5.95. The van der Waals surface area contributed by atoms with E-state index in [4.69, 9.17) is 16.3 Å². The van der Waals surface area contributed by atoms with Crippen molar-refractivity contribution in [2.75, 3.05) is 0 Å². The molecule has 1 aliphatic heterocycles. The number of nitrogens with zero attached hydrogens (tertiary/aromatic N) is 3. The molecule has 0 amide bonds. The van der Waals surface area contributed by atoms with Crippen LogP contribution in [-0.2, 0) is 10.3 Å². The first-order valence-electron chi connectivity index (χ1n) is 7.29. The first-order valence-corrected chi connectivity index (χ1v) is 8.59. The summed E-state index contributed by atoms with van der Waals surface area (Å²) in [5.41, 5.74) is 0.978. The van der Waals surface area contributed by atoms with Gasteiger partial charge in [0.25, 0.3) is 0 Å². The largest absolute Gasteiger partial charge is 0.352 e. The van der Waals surface area contributed by atoms with E-state index in [0.717, 1.165) is 11.1 Å². The van der Waals surface area contributed by atoms with Crippen molar-refractivity contribution in [3.63, 3.8) is 0 Å². The Morgan fingerprint density at radius 3 is 2.62 bits per heavy atom. The lowest BCUT2D eigenvalue weighted by Crippen LogP contribution is -2.22. The molecule has 0 radical (unpaired) electrons. The molecule has 0 saturated carbocycles. The van der Waals surface area contributed by atoms with E-state index < -0.39 is 5.60 Å². The maximum atomic E-state index is 13.4. The molecule has 0 spiro atoms. The molecule has 24 heavy (non-hydrogen) atoms. The number of benzene rings is 2. The number of hydrogen-bond donors (Lipinski definition) is 0. The van der Waals surface area contributed by atoms with Crippen LogP contribution in [0.4, 0.5) is 4.39 Å². The zero-order valence-electron chi connectivity index (χ0n) is 12.3. The van der Waals surface area contributed by atoms with Crippen molar-refractivity contribution in [3.05, 3.63) is 83.2 Å². The molecule has 1 aromatic heterocycles. The van der Waals surface area contributed by atoms with Crippen molar-refractivity contribution >= 4 is 27.5 Å². The molecule has 0 N–H and O–H groups in total. The molecule has 4 nitrogen and oxygen atoms in total. The highest BCUT2D eigenvalue weighted by molar-refractivity contribution is 9.09. The molecular weight excluding hydrogens is 397 g/mol. The Morgan fingerprint density at radius 2 is 1.96 bits per heavy atom. The fraction of sp³-hybridized carbons (Fsp3) is 0.176. The predicted molar refractivity (Wildman–Crippen MR) is 91.3 cm³/mol. The van der Waals surface area contributed by atoms with E-state index in [2.05, 4.69) is 26.0 Å². The summed E-state index contributed by atoms with van der Waals surface area (Å²) in [7, 11) is 0. The molecule has 1 unspecified atom stereocenters. The SMILES string of the molecule is Fc1ccc([C@]2(C(Br)n3cncn3)O[C@H]2c2ccccc2Cl)cc1. The van der Waals surface area contributed by atoms with Crippen molar-refractivity contribution in [1.82, 2.24) is 14.8 Å². The molecule has 3 atom stereocenters. The molecule has 1 aliphatic rings. The maximum absolute atomic E-state index is 13.4. The van der Waals surface area contributed by atoms with Gasteiger partial charge in [0.15, 0.2) is 5.60 Å². The van der Waals surface area contributed by atoms with Crippen LogP contribution in [0.25, 0.3) is 0 Å². The quantitative estimate of drug-likeness (QED) is 0.467. The number of aromatic nitrogens is 3. The Hall–Kier alpha value is -1.76. The first kappa shape index (κ1) is 15.7. The molecule has 1 saturated heterocycles. The Bertz CT molecular complexity index is 859. The van der Waals surface area contributed by atoms with Gasteiger partial charge in [0.1, 0.15) is 29.5 Å². The molecule has 0 bridgehead atoms. The fourth-order valence-corrected chi connectivity index (χ4v) is 3.98. The average Bonchev–Trinajstić information content (AvgIpc) is 3.09. The van der Waals surface area contributed by atoms with Crippen molar-refractivity contribution in [1.29, 1.82) is 0 Å². The third kappa shape index (κ3) is 2.46. The van der Waals surface area contributed by atoms with Crippen LogP contribution >= 0.6 is 27.5 Å². The average molecular weight is 409 g/mol. The monoisotopic (exact) mass is 407 g/mol. The highest BCUT2D eigenvalue weighted by atomic mass is 79.9. The minimum absolute atomic E-state index is 0.273. The number of ether oxygens (including phenoxy) is 1. The number of alkyl halides is 1. The summed E-state index contributed by atoms with van der Waals surface area (Å²) in [6.07, 6.45) is 2.79. The van der Waals surface area contributed by atoms with Gasteiger partial charge in [-0.3, -0.25) is 0 Å². The second-order valence-corrected chi connectivity index (χ2v) is 6.81. The van der Waals surface area contributed by atoms with Crippen LogP contribution < -0.4 is 0 Å². The van der Waals surface area contributed by atoms with Gasteiger partial charge in [-0.2, -0.15) is 5.10 Å². The van der Waals surface area contributed by atoms with Crippen LogP contribution in [0.1, 0.15) is 22.2 Å². The molecule has 3 aromatic rings. The van der Waals surface area contributed by atoms with Gasteiger partial charge in [0.2, 0.25) is 0 Å². The van der Waals surface area contributed by atoms with E-state index in [-0.39, 0.29) is 16.9 Å². The third-order valence-electron chi connectivity index (χ3n) is 4.15. The standard InChI is InChI=1S/C17H12BrClFN3O/c18-16(23-10-21-9-22-23)17(11-5-7-12(20)8-6-11)15(24-17)13-3-1-2-4-14(13)19/h1-10,15-16H/t15-,16?,17-/m0/s1. The summed E-state index contributed by atoms with van der Waals surface area (Å²) < 4.78 is 21.2. The minimum atomic E-state index is -0.744. The van der Waals surface area contributed by atoms with Gasteiger partial charge in [-0.1, -0.05) is 57.9 Å². The molecule has 0 aliphatic carbocycles. The summed E-state index contributed by atoms with van der Waals surface area (Å²) in [6, 6.07) is 13.8. The number of halogens is 3. The van der Waals surface area contributed by atoms with Gasteiger partial charge in [0, 0.05) is 10.6 Å². The highest BCUT2D eigenvalue weighted by Crippen LogP contribution is 2.65. The van der Waals surface area contributed by atoms with Crippen molar-refractivity contribution in [2.24, 2.45) is 0 Å². The van der Waals surface area contributed by atoms with E-state index in [1.54, 1.807) is 23.1 Å². The normalized spacial score (nSPS) is 23.9. The minimum Gasteiger partial charge on any atom is -0.352 e. The first-order chi connectivity index (χ1) is 11.6. The molecule has 1 fully saturated rings. The topological polar surface area (TPSA) is 43.2 Å². The predicted octanol–water partition coefficient (Wildman–Crippen LogP) is 4.63. The lowest BCUT2D eigenvalue weighted by Gasteiger charge is -2.20. The van der Waals surface area contributed by atoms with E-state index in [9.17, 15) is 4.39 Å². The summed E-state index contributed by atoms with van der Waals surface area (Å²) in [5.74, 6) is -0.296. The molecule has 2 heterocycles. The van der Waals surface area contributed by atoms with Crippen LogP contribution in [0.2, 0.25) is 5.02 Å². The van der Waals surface area contributed by atoms with E-state index in [1.165, 1.54) is 18.5 Å². The number of hydrogen-bond acceptors (Lipinski definition) is 3. The van der Waals surface area contributed by atoms with Crippen LogP contribution in [0.5, 0.6) is 0 Å². The molecule has 122 valence electrons. The summed E-state index contributed by atoms with van der Waals surface area (Å²) >= 11 is 10.0. The molecular formula is C17H12BrClFN3O. The van der Waals surface area contributed by atoms with Gasteiger partial charge in [-0.05, 0) is 23.8 Å². The zero-order valence-corrected chi connectivity index (χ0v) is 14.7. The lowest BCUT2D eigenvalue weighted by atomic mass is 9.91. The van der Waals surface area contributed by atoms with E-state index in [0.29, 0.717) is 5.02 Å². The van der Waals surface area contributed by atoms with E-state index >= 15 is 0 Å². The van der Waals surface area contributed by atoms with Crippen LogP contribution in [0, 0.1) is 5.82 Å². The molecule has 4 rings (SSSR count). The van der Waals surface area contributed by atoms with Gasteiger partial charge >= 0.3 is 0 Å². The van der Waals surface area contributed by atoms with E-state index in [1.807, 2.05) is 24.3 Å². The Balaban J connectivity index is 1.80. The lowest BCUT2D eigenvalue weighted by molar-refractivity contribution is 0.260. The van der Waals surface area contributed by atoms with Gasteiger partial charge in [-0.25, -0.2) is 14.1 Å². The van der Waals surface area contributed by atoms with Crippen molar-refractivity contribution in [3.8, 4) is 0 Å². The second-order valence-electron chi connectivity index (χ2n) is 5.53. The van der Waals surface area contributed by atoms with Crippen LogP contribution in [-0.4, -0.2) is 14.8 Å². The van der Waals surface area contributed by atoms with Gasteiger partial charge < -0.3 is 4.74 Å². The Morgan fingerprint density at radius 1 is 1.21 bits per heavy atom. The maximum Gasteiger partial charge on any atom is 0.157 e. The van der Waals surface area contributed by atoms with Crippen LogP contribution in [0.3, 0.4) is 0 Å². The summed E-state index contributed by atoms with van der Waals surface area (Å²) in [5, 5.41) is 4.82. The highest BCUT2D eigenvalue weighted by Gasteiger charge is 2.64. The van der Waals surface area contributed by atoms with Gasteiger partial charge in [-0.15, -0.1) is 0 Å². The summed E-state index contributed by atoms with van der Waals surface area (Å²) in [6.45, 7) is 0. The smallest absolute Gasteiger partial charge is 0.157 e. The Kier molecular flexibility index (Phi) is 3.90. The zero-order chi connectivity index (χ0) is 16.7. The molecule has 2 aromatic carbocycles. The van der Waals surface area contributed by atoms with Crippen LogP contribution in [0.15, 0.2) is 61.2 Å². The third-order valence-corrected chi connectivity index (χ3v) is 5.59. The van der Waals surface area contributed by atoms with Gasteiger partial charge in [0.05, 0.1) is 0 Å².